The summed E-state index contributed by atoms with van der Waals surface area (Å²) in [5, 5.41) is 0. The molecule has 1 unspecified atom stereocenters. The summed E-state index contributed by atoms with van der Waals surface area (Å²) in [5.74, 6) is -0.124. The first-order valence-electron chi connectivity index (χ1n) is 7.52. The van der Waals surface area contributed by atoms with E-state index in [0.29, 0.717) is 11.8 Å². The lowest BCUT2D eigenvalue weighted by molar-refractivity contribution is -0.152. The second kappa shape index (κ2) is 6.25. The summed E-state index contributed by atoms with van der Waals surface area (Å²) in [4.78, 5) is 11.9. The van der Waals surface area contributed by atoms with Crippen molar-refractivity contribution in [1.29, 1.82) is 0 Å². The van der Waals surface area contributed by atoms with E-state index in [1.807, 2.05) is 0 Å². The predicted molar refractivity (Wildman–Crippen MR) is 78.8 cm³/mol. The van der Waals surface area contributed by atoms with Gasteiger partial charge < -0.3 is 10.5 Å². The molecule has 0 spiro atoms. The highest BCUT2D eigenvalue weighted by Gasteiger charge is 2.29. The van der Waals surface area contributed by atoms with Crippen LogP contribution in [-0.2, 0) is 9.53 Å². The Kier molecular flexibility index (Phi) is 5.43. The van der Waals surface area contributed by atoms with E-state index in [1.54, 1.807) is 0 Å². The average Bonchev–Trinajstić information content (AvgIpc) is 2.18. The molecule has 0 saturated heterocycles. The molecule has 0 radical (unpaired) electrons. The van der Waals surface area contributed by atoms with Gasteiger partial charge in [0, 0.05) is 6.04 Å². The minimum absolute atomic E-state index is 0.0902. The van der Waals surface area contributed by atoms with Crippen LogP contribution in [0.5, 0.6) is 0 Å². The topological polar surface area (TPSA) is 52.3 Å². The Morgan fingerprint density at radius 2 is 1.84 bits per heavy atom. The first-order chi connectivity index (χ1) is 8.57. The zero-order valence-electron chi connectivity index (χ0n) is 13.3. The van der Waals surface area contributed by atoms with Crippen molar-refractivity contribution in [3.8, 4) is 0 Å². The number of esters is 1. The number of carbonyl (C=O) groups is 1. The van der Waals surface area contributed by atoms with Crippen LogP contribution in [0.1, 0.15) is 73.1 Å². The van der Waals surface area contributed by atoms with Gasteiger partial charge in [-0.05, 0) is 42.9 Å². The molecule has 3 heteroatoms. The fraction of sp³-hybridized carbons (Fsp3) is 0.938. The predicted octanol–water partition coefficient (Wildman–Crippen LogP) is 3.65. The Morgan fingerprint density at radius 1 is 1.32 bits per heavy atom. The van der Waals surface area contributed by atoms with Gasteiger partial charge in [-0.3, -0.25) is 4.79 Å². The molecular weight excluding hydrogens is 238 g/mol. The van der Waals surface area contributed by atoms with E-state index in [0.717, 1.165) is 32.1 Å². The minimum atomic E-state index is -0.124. The molecule has 0 bridgehead atoms. The normalized spacial score (nSPS) is 22.0. The summed E-state index contributed by atoms with van der Waals surface area (Å²) in [5.41, 5.74) is 6.58. The van der Waals surface area contributed by atoms with Crippen molar-refractivity contribution in [1.82, 2.24) is 0 Å². The van der Waals surface area contributed by atoms with Gasteiger partial charge in [-0.1, -0.05) is 34.6 Å². The van der Waals surface area contributed by atoms with E-state index in [2.05, 4.69) is 34.6 Å². The number of hydrogen-bond acceptors (Lipinski definition) is 3. The molecule has 1 aliphatic carbocycles. The van der Waals surface area contributed by atoms with Gasteiger partial charge in [0.2, 0.25) is 0 Å². The van der Waals surface area contributed by atoms with E-state index in [-0.39, 0.29) is 23.5 Å². The largest absolute Gasteiger partial charge is 0.462 e. The van der Waals surface area contributed by atoms with Crippen LogP contribution in [-0.4, -0.2) is 18.1 Å². The maximum Gasteiger partial charge on any atom is 0.307 e. The SMILES string of the molecule is CC(C)(C)CC(N)CC(=O)OC1CCC(C)(C)CC1. The lowest BCUT2D eigenvalue weighted by atomic mass is 9.76. The van der Waals surface area contributed by atoms with Gasteiger partial charge in [0.15, 0.2) is 0 Å². The van der Waals surface area contributed by atoms with Gasteiger partial charge in [-0.2, -0.15) is 0 Å². The lowest BCUT2D eigenvalue weighted by Crippen LogP contribution is -2.33. The fourth-order valence-corrected chi connectivity index (χ4v) is 2.80. The fourth-order valence-electron chi connectivity index (χ4n) is 2.80. The molecule has 112 valence electrons. The number of rotatable bonds is 4. The van der Waals surface area contributed by atoms with Crippen molar-refractivity contribution in [2.45, 2.75) is 85.3 Å². The summed E-state index contributed by atoms with van der Waals surface area (Å²) in [6.07, 6.45) is 5.57. The van der Waals surface area contributed by atoms with E-state index < -0.39 is 0 Å². The molecule has 2 N–H and O–H groups in total. The van der Waals surface area contributed by atoms with Crippen molar-refractivity contribution in [3.05, 3.63) is 0 Å². The molecular formula is C16H31NO2. The van der Waals surface area contributed by atoms with Crippen molar-refractivity contribution in [3.63, 3.8) is 0 Å². The maximum atomic E-state index is 11.9. The lowest BCUT2D eigenvalue weighted by Gasteiger charge is -2.34. The third-order valence-corrected chi connectivity index (χ3v) is 3.89. The summed E-state index contributed by atoms with van der Waals surface area (Å²) >= 11 is 0. The van der Waals surface area contributed by atoms with E-state index >= 15 is 0 Å². The molecule has 0 aromatic carbocycles. The highest BCUT2D eigenvalue weighted by Crippen LogP contribution is 2.36. The minimum Gasteiger partial charge on any atom is -0.462 e. The van der Waals surface area contributed by atoms with E-state index in [9.17, 15) is 4.79 Å². The Bertz CT molecular complexity index is 294. The molecule has 19 heavy (non-hydrogen) atoms. The standard InChI is InChI=1S/C16H31NO2/c1-15(2,3)11-12(17)10-14(18)19-13-6-8-16(4,5)9-7-13/h12-13H,6-11,17H2,1-5H3. The zero-order valence-corrected chi connectivity index (χ0v) is 13.3. The van der Waals surface area contributed by atoms with Crippen molar-refractivity contribution in [2.24, 2.45) is 16.6 Å². The second-order valence-electron chi connectivity index (χ2n) is 8.08. The average molecular weight is 269 g/mol. The van der Waals surface area contributed by atoms with Gasteiger partial charge in [-0.15, -0.1) is 0 Å². The summed E-state index contributed by atoms with van der Waals surface area (Å²) in [7, 11) is 0. The van der Waals surface area contributed by atoms with Crippen molar-refractivity contribution < 1.29 is 9.53 Å². The van der Waals surface area contributed by atoms with Crippen LogP contribution in [0, 0.1) is 10.8 Å². The third kappa shape index (κ3) is 6.95. The van der Waals surface area contributed by atoms with Crippen LogP contribution in [0.2, 0.25) is 0 Å². The molecule has 3 nitrogen and oxygen atoms in total. The van der Waals surface area contributed by atoms with E-state index in [4.69, 9.17) is 10.5 Å². The molecule has 0 amide bonds. The Balaban J connectivity index is 2.28. The molecule has 1 atom stereocenters. The van der Waals surface area contributed by atoms with Gasteiger partial charge in [0.25, 0.3) is 0 Å². The summed E-state index contributed by atoms with van der Waals surface area (Å²) < 4.78 is 5.55. The summed E-state index contributed by atoms with van der Waals surface area (Å²) in [6, 6.07) is -0.0902. The molecule has 1 fully saturated rings. The molecule has 1 saturated carbocycles. The Hall–Kier alpha value is -0.570. The van der Waals surface area contributed by atoms with Gasteiger partial charge in [0.05, 0.1) is 6.42 Å². The van der Waals surface area contributed by atoms with Crippen LogP contribution >= 0.6 is 0 Å². The van der Waals surface area contributed by atoms with Gasteiger partial charge in [-0.25, -0.2) is 0 Å². The second-order valence-corrected chi connectivity index (χ2v) is 8.08. The number of ether oxygens (including phenoxy) is 1. The Morgan fingerprint density at radius 3 is 2.32 bits per heavy atom. The van der Waals surface area contributed by atoms with E-state index in [1.165, 1.54) is 0 Å². The zero-order chi connectivity index (χ0) is 14.7. The van der Waals surface area contributed by atoms with Crippen LogP contribution in [0.3, 0.4) is 0 Å². The Labute approximate surface area is 118 Å². The molecule has 0 heterocycles. The highest BCUT2D eigenvalue weighted by atomic mass is 16.5. The monoisotopic (exact) mass is 269 g/mol. The molecule has 0 aromatic rings. The molecule has 0 aliphatic heterocycles. The van der Waals surface area contributed by atoms with Gasteiger partial charge in [0.1, 0.15) is 6.10 Å². The van der Waals surface area contributed by atoms with Crippen LogP contribution in [0.15, 0.2) is 0 Å². The van der Waals surface area contributed by atoms with Crippen LogP contribution in [0.25, 0.3) is 0 Å². The number of carbonyl (C=O) groups excluding carboxylic acids is 1. The van der Waals surface area contributed by atoms with Gasteiger partial charge >= 0.3 is 5.97 Å². The van der Waals surface area contributed by atoms with Crippen molar-refractivity contribution >= 4 is 5.97 Å². The molecule has 1 aliphatic rings. The first kappa shape index (κ1) is 16.5. The summed E-state index contributed by atoms with van der Waals surface area (Å²) in [6.45, 7) is 11.0. The van der Waals surface area contributed by atoms with Crippen LogP contribution < -0.4 is 5.73 Å². The van der Waals surface area contributed by atoms with Crippen molar-refractivity contribution in [2.75, 3.05) is 0 Å². The van der Waals surface area contributed by atoms with Crippen LogP contribution in [0.4, 0.5) is 0 Å². The number of hydrogen-bond donors (Lipinski definition) is 1. The number of nitrogens with two attached hydrogens (primary N) is 1. The molecule has 1 rings (SSSR count). The quantitative estimate of drug-likeness (QED) is 0.793. The highest BCUT2D eigenvalue weighted by molar-refractivity contribution is 5.70. The smallest absolute Gasteiger partial charge is 0.307 e. The third-order valence-electron chi connectivity index (χ3n) is 3.89. The molecule has 0 aromatic heterocycles. The maximum absolute atomic E-state index is 11.9. The first-order valence-corrected chi connectivity index (χ1v) is 7.52.